The van der Waals surface area contributed by atoms with E-state index in [2.05, 4.69) is 110 Å². The first-order valence-electron chi connectivity index (χ1n) is 15.7. The van der Waals surface area contributed by atoms with Crippen molar-refractivity contribution in [2.75, 3.05) is 13.7 Å². The molecule has 1 unspecified atom stereocenters. The highest BCUT2D eigenvalue weighted by Crippen LogP contribution is 2.42. The maximum Gasteiger partial charge on any atom is 0.347 e. The Labute approximate surface area is 310 Å². The number of fused-ring (bicyclic) bond motifs is 1. The van der Waals surface area contributed by atoms with Crippen LogP contribution in [0.15, 0.2) is 124 Å². The van der Waals surface area contributed by atoms with Crippen LogP contribution in [-0.4, -0.2) is 42.7 Å². The highest BCUT2D eigenvalue weighted by atomic mass is 79.9. The van der Waals surface area contributed by atoms with Gasteiger partial charge in [0, 0.05) is 39.9 Å². The summed E-state index contributed by atoms with van der Waals surface area (Å²) >= 11 is 9.08. The number of ether oxygens (including phenoxy) is 2. The van der Waals surface area contributed by atoms with Crippen molar-refractivity contribution in [1.29, 1.82) is 0 Å². The molecule has 0 saturated carbocycles. The quantitative estimate of drug-likeness (QED) is 0.119. The number of benzene rings is 5. The molecule has 0 saturated heterocycles. The molecule has 5 aromatic carbocycles. The van der Waals surface area contributed by atoms with E-state index in [0.717, 1.165) is 23.1 Å². The predicted molar refractivity (Wildman–Crippen MR) is 204 cm³/mol. The second-order valence-electron chi connectivity index (χ2n) is 11.4. The largest absolute Gasteiger partial charge is 0.478 e. The Kier molecular flexibility index (Phi) is 11.1. The Balaban J connectivity index is 1.19. The predicted octanol–water partition coefficient (Wildman–Crippen LogP) is 9.79. The van der Waals surface area contributed by atoms with Gasteiger partial charge in [-0.15, -0.1) is 11.3 Å². The molecule has 1 atom stereocenters. The number of methoxy groups -OCH3 is 1. The fourth-order valence-corrected chi connectivity index (χ4v) is 8.40. The molecule has 1 heterocycles. The molecule has 0 spiro atoms. The molecule has 1 aromatic heterocycles. The summed E-state index contributed by atoms with van der Waals surface area (Å²) in [7, 11) is 1.26. The molecule has 1 amide bonds. The Hall–Kier alpha value is -4.77. The second-order valence-corrected chi connectivity index (χ2v) is 14.3. The van der Waals surface area contributed by atoms with Gasteiger partial charge in [0.25, 0.3) is 5.91 Å². The van der Waals surface area contributed by atoms with Gasteiger partial charge in [-0.05, 0) is 84.4 Å². The number of carbonyl (C=O) groups excluding carboxylic acids is 2. The van der Waals surface area contributed by atoms with Crippen LogP contribution in [-0.2, 0) is 16.0 Å². The number of hydrogen-bond acceptors (Lipinski definition) is 6. The summed E-state index contributed by atoms with van der Waals surface area (Å²) in [5.74, 6) is -1.98. The molecule has 6 aromatic rings. The Morgan fingerprint density at radius 2 is 1.40 bits per heavy atom. The average molecular weight is 814 g/mol. The lowest BCUT2D eigenvalue weighted by atomic mass is 9.96. The van der Waals surface area contributed by atoms with Gasteiger partial charge in [0.2, 0.25) is 0 Å². The molecular weight excluding hydrogens is 782 g/mol. The first kappa shape index (κ1) is 35.1. The monoisotopic (exact) mass is 811 g/mol. The molecule has 0 aliphatic carbocycles. The number of carboxylic acid groups (broad SMARTS) is 1. The van der Waals surface area contributed by atoms with Gasteiger partial charge in [-0.1, -0.05) is 84.9 Å². The van der Waals surface area contributed by atoms with Gasteiger partial charge >= 0.3 is 11.9 Å². The molecular formula is C40H31Br2NO6S. The van der Waals surface area contributed by atoms with Crippen LogP contribution in [0.2, 0.25) is 0 Å². The van der Waals surface area contributed by atoms with E-state index in [9.17, 15) is 19.5 Å². The van der Waals surface area contributed by atoms with Crippen molar-refractivity contribution >= 4 is 71.1 Å². The third-order valence-electron chi connectivity index (χ3n) is 8.20. The summed E-state index contributed by atoms with van der Waals surface area (Å²) in [4.78, 5) is 38.3. The zero-order chi connectivity index (χ0) is 35.2. The first-order chi connectivity index (χ1) is 24.2. The van der Waals surface area contributed by atoms with E-state index in [-0.39, 0.29) is 24.1 Å². The maximum absolute atomic E-state index is 12.7. The van der Waals surface area contributed by atoms with Crippen LogP contribution in [0.5, 0.6) is 5.75 Å². The Morgan fingerprint density at radius 3 is 2.08 bits per heavy atom. The van der Waals surface area contributed by atoms with E-state index in [1.165, 1.54) is 45.3 Å². The lowest BCUT2D eigenvalue weighted by Gasteiger charge is -2.20. The van der Waals surface area contributed by atoms with Gasteiger partial charge in [0.1, 0.15) is 5.75 Å². The number of hydrogen-bond donors (Lipinski definition) is 2. The van der Waals surface area contributed by atoms with Gasteiger partial charge in [0.15, 0.2) is 6.10 Å². The molecule has 0 fully saturated rings. The van der Waals surface area contributed by atoms with Gasteiger partial charge < -0.3 is 19.9 Å². The smallest absolute Gasteiger partial charge is 0.347 e. The average Bonchev–Trinajstić information content (AvgIpc) is 3.49. The SMILES string of the molecule is COC(=O)C(CCNC(=O)c1ccccc1C(=O)O)Oc1c(Br)cc(-c2ccc(-c3c(Cc4ccccc4)sc4ccccc34)cc2)cc1Br. The van der Waals surface area contributed by atoms with Gasteiger partial charge in [-0.3, -0.25) is 4.79 Å². The summed E-state index contributed by atoms with van der Waals surface area (Å²) in [6.45, 7) is 0.0404. The fourth-order valence-electron chi connectivity index (χ4n) is 5.77. The molecule has 2 N–H and O–H groups in total. The van der Waals surface area contributed by atoms with Crippen molar-refractivity contribution in [3.63, 3.8) is 0 Å². The van der Waals surface area contributed by atoms with Gasteiger partial charge in [-0.25, -0.2) is 9.59 Å². The standard InChI is InChI=1S/C40H31Br2NO6S/c1-48-40(47)33(19-20-43-38(44)28-11-5-6-12-29(28)39(45)46)49-37-31(41)22-27(23-32(37)42)25-15-17-26(18-16-25)36-30-13-7-8-14-34(30)50-35(36)21-24-9-3-2-4-10-24/h2-18,22-23,33H,19-21H2,1H3,(H,43,44)(H,45,46). The van der Waals surface area contributed by atoms with Crippen LogP contribution in [0.25, 0.3) is 32.3 Å². The van der Waals surface area contributed by atoms with Crippen LogP contribution in [0.4, 0.5) is 0 Å². The highest BCUT2D eigenvalue weighted by Gasteiger charge is 2.25. The lowest BCUT2D eigenvalue weighted by Crippen LogP contribution is -2.35. The van der Waals surface area contributed by atoms with Crippen molar-refractivity contribution in [2.45, 2.75) is 18.9 Å². The van der Waals surface area contributed by atoms with Crippen LogP contribution in [0.3, 0.4) is 0 Å². The van der Waals surface area contributed by atoms with Gasteiger partial charge in [-0.2, -0.15) is 0 Å². The van der Waals surface area contributed by atoms with Crippen molar-refractivity contribution in [2.24, 2.45) is 0 Å². The number of esters is 1. The number of carbonyl (C=O) groups is 3. The summed E-state index contributed by atoms with van der Waals surface area (Å²) in [6.07, 6.45) is -0.103. The normalized spacial score (nSPS) is 11.6. The number of aromatic carboxylic acids is 1. The summed E-state index contributed by atoms with van der Waals surface area (Å²) < 4.78 is 13.6. The van der Waals surface area contributed by atoms with Crippen molar-refractivity contribution in [3.8, 4) is 28.0 Å². The molecule has 7 nitrogen and oxygen atoms in total. The third kappa shape index (κ3) is 7.83. The zero-order valence-electron chi connectivity index (χ0n) is 26.8. The van der Waals surface area contributed by atoms with Crippen LogP contribution >= 0.6 is 43.2 Å². The highest BCUT2D eigenvalue weighted by molar-refractivity contribution is 9.11. The van der Waals surface area contributed by atoms with E-state index < -0.39 is 23.9 Å². The topological polar surface area (TPSA) is 102 Å². The van der Waals surface area contributed by atoms with Crippen LogP contribution < -0.4 is 10.1 Å². The minimum atomic E-state index is -1.20. The number of rotatable bonds is 12. The Morgan fingerprint density at radius 1 is 0.780 bits per heavy atom. The molecule has 0 aliphatic rings. The van der Waals surface area contributed by atoms with E-state index in [1.54, 1.807) is 12.1 Å². The first-order valence-corrected chi connectivity index (χ1v) is 18.1. The third-order valence-corrected chi connectivity index (χ3v) is 10.5. The molecule has 50 heavy (non-hydrogen) atoms. The zero-order valence-corrected chi connectivity index (χ0v) is 30.8. The number of carboxylic acids is 1. The van der Waals surface area contributed by atoms with Crippen LogP contribution in [0, 0.1) is 0 Å². The van der Waals surface area contributed by atoms with E-state index in [4.69, 9.17) is 9.47 Å². The van der Waals surface area contributed by atoms with Crippen molar-refractivity contribution in [1.82, 2.24) is 5.32 Å². The number of nitrogens with one attached hydrogen (secondary N) is 1. The minimum Gasteiger partial charge on any atom is -0.478 e. The van der Waals surface area contributed by atoms with Crippen molar-refractivity contribution < 1.29 is 29.0 Å². The van der Waals surface area contributed by atoms with E-state index in [0.29, 0.717) is 14.7 Å². The molecule has 6 rings (SSSR count). The number of amides is 1. The second kappa shape index (κ2) is 15.8. The van der Waals surface area contributed by atoms with Crippen LogP contribution in [0.1, 0.15) is 37.6 Å². The van der Waals surface area contributed by atoms with Gasteiger partial charge in [0.05, 0.1) is 27.2 Å². The summed E-state index contributed by atoms with van der Waals surface area (Å²) in [5.41, 5.74) is 5.52. The molecule has 252 valence electrons. The summed E-state index contributed by atoms with van der Waals surface area (Å²) in [6, 6.07) is 37.3. The summed E-state index contributed by atoms with van der Waals surface area (Å²) in [5, 5.41) is 13.3. The lowest BCUT2D eigenvalue weighted by molar-refractivity contribution is -0.149. The van der Waals surface area contributed by atoms with E-state index in [1.807, 2.05) is 29.5 Å². The van der Waals surface area contributed by atoms with E-state index >= 15 is 0 Å². The molecule has 0 aliphatic heterocycles. The molecule has 10 heteroatoms. The fraction of sp³-hybridized carbons (Fsp3) is 0.125. The minimum absolute atomic E-state index is 0.0287. The maximum atomic E-state index is 12.7. The van der Waals surface area contributed by atoms with Crippen molar-refractivity contribution in [3.05, 3.63) is 146 Å². The Bertz CT molecular complexity index is 2160. The molecule has 0 radical (unpaired) electrons. The number of thiophene rings is 1. The molecule has 0 bridgehead atoms. The number of halogens is 2.